The summed E-state index contributed by atoms with van der Waals surface area (Å²) in [7, 11) is 0. The van der Waals surface area contributed by atoms with Gasteiger partial charge in [0.05, 0.1) is 5.69 Å². The van der Waals surface area contributed by atoms with E-state index in [4.69, 9.17) is 5.21 Å². The lowest BCUT2D eigenvalue weighted by atomic mass is 10.1. The second-order valence-corrected chi connectivity index (χ2v) is 3.90. The molecule has 1 aromatic heterocycles. The Hall–Kier alpha value is -1.82. The standard InChI is InChI=1S/C12H11F3N2O/c13-10-2-1-6-16-11(10)4-3-9-5-7-17(18)12(14,15)8-9/h1-2,5-8,18H,3-4H2. The molecule has 0 amide bonds. The molecule has 0 atom stereocenters. The zero-order chi connectivity index (χ0) is 13.2. The molecule has 18 heavy (non-hydrogen) atoms. The molecule has 1 aliphatic heterocycles. The highest BCUT2D eigenvalue weighted by atomic mass is 19.3. The van der Waals surface area contributed by atoms with Crippen LogP contribution in [0.25, 0.3) is 0 Å². The topological polar surface area (TPSA) is 36.4 Å². The number of aryl methyl sites for hydroxylation is 1. The van der Waals surface area contributed by atoms with Crippen molar-refractivity contribution in [2.45, 2.75) is 18.9 Å². The molecule has 0 fully saturated rings. The van der Waals surface area contributed by atoms with Crippen LogP contribution >= 0.6 is 0 Å². The quantitative estimate of drug-likeness (QED) is 0.845. The van der Waals surface area contributed by atoms with E-state index in [0.717, 1.165) is 6.20 Å². The van der Waals surface area contributed by atoms with Gasteiger partial charge in [-0.25, -0.2) is 4.39 Å². The summed E-state index contributed by atoms with van der Waals surface area (Å²) in [5.41, 5.74) is 0.567. The highest BCUT2D eigenvalue weighted by Gasteiger charge is 2.34. The minimum Gasteiger partial charge on any atom is -0.283 e. The first-order valence-electron chi connectivity index (χ1n) is 5.34. The lowest BCUT2D eigenvalue weighted by Gasteiger charge is -2.25. The number of hydroxylamine groups is 2. The number of alkyl halides is 2. The Bertz CT molecular complexity index is 500. The summed E-state index contributed by atoms with van der Waals surface area (Å²) in [5.74, 6) is -0.451. The molecule has 1 N–H and O–H groups in total. The molecule has 3 nitrogen and oxygen atoms in total. The third-order valence-corrected chi connectivity index (χ3v) is 2.58. The van der Waals surface area contributed by atoms with E-state index < -0.39 is 11.9 Å². The molecule has 6 heteroatoms. The monoisotopic (exact) mass is 256 g/mol. The minimum atomic E-state index is -3.42. The molecule has 0 unspecified atom stereocenters. The van der Waals surface area contributed by atoms with Crippen LogP contribution in [-0.2, 0) is 6.42 Å². The highest BCUT2D eigenvalue weighted by Crippen LogP contribution is 2.27. The number of aromatic nitrogens is 1. The van der Waals surface area contributed by atoms with E-state index in [2.05, 4.69) is 4.98 Å². The number of halogens is 3. The van der Waals surface area contributed by atoms with E-state index in [0.29, 0.717) is 11.6 Å². The Morgan fingerprint density at radius 3 is 2.78 bits per heavy atom. The summed E-state index contributed by atoms with van der Waals surface area (Å²) >= 11 is 0. The average molecular weight is 256 g/mol. The molecule has 0 saturated heterocycles. The first-order valence-corrected chi connectivity index (χ1v) is 5.34. The second-order valence-electron chi connectivity index (χ2n) is 3.90. The van der Waals surface area contributed by atoms with Gasteiger partial charge in [0, 0.05) is 18.5 Å². The van der Waals surface area contributed by atoms with Crippen molar-refractivity contribution in [2.24, 2.45) is 0 Å². The molecule has 0 spiro atoms. The predicted molar refractivity (Wildman–Crippen MR) is 58.3 cm³/mol. The fourth-order valence-corrected chi connectivity index (χ4v) is 1.62. The third-order valence-electron chi connectivity index (χ3n) is 2.58. The lowest BCUT2D eigenvalue weighted by molar-refractivity contribution is -0.231. The number of hydrogen-bond donors (Lipinski definition) is 1. The van der Waals surface area contributed by atoms with Crippen LogP contribution in [0.2, 0.25) is 0 Å². The van der Waals surface area contributed by atoms with Gasteiger partial charge in [-0.05, 0) is 36.6 Å². The van der Waals surface area contributed by atoms with Gasteiger partial charge in [0.15, 0.2) is 0 Å². The zero-order valence-corrected chi connectivity index (χ0v) is 9.35. The summed E-state index contributed by atoms with van der Waals surface area (Å²) < 4.78 is 39.5. The van der Waals surface area contributed by atoms with Crippen LogP contribution in [0.15, 0.2) is 42.3 Å². The minimum absolute atomic E-state index is 0.169. The molecule has 96 valence electrons. The van der Waals surface area contributed by atoms with Crippen molar-refractivity contribution in [3.8, 4) is 0 Å². The van der Waals surface area contributed by atoms with Crippen molar-refractivity contribution in [1.29, 1.82) is 0 Å². The molecule has 0 aliphatic carbocycles. The zero-order valence-electron chi connectivity index (χ0n) is 9.35. The largest absolute Gasteiger partial charge is 0.367 e. The maximum atomic E-state index is 13.3. The van der Waals surface area contributed by atoms with E-state index in [1.807, 2.05) is 0 Å². The van der Waals surface area contributed by atoms with Crippen LogP contribution in [0.3, 0.4) is 0 Å². The van der Waals surface area contributed by atoms with Gasteiger partial charge in [-0.15, -0.1) is 0 Å². The molecule has 0 saturated carbocycles. The van der Waals surface area contributed by atoms with Crippen molar-refractivity contribution in [2.75, 3.05) is 0 Å². The van der Waals surface area contributed by atoms with E-state index in [9.17, 15) is 13.2 Å². The van der Waals surface area contributed by atoms with Gasteiger partial charge in [0.1, 0.15) is 5.82 Å². The van der Waals surface area contributed by atoms with Crippen LogP contribution in [0.5, 0.6) is 0 Å². The number of allylic oxidation sites excluding steroid dienone is 2. The van der Waals surface area contributed by atoms with E-state index in [1.54, 1.807) is 0 Å². The maximum Gasteiger partial charge on any atom is 0.367 e. The lowest BCUT2D eigenvalue weighted by Crippen LogP contribution is -2.35. The van der Waals surface area contributed by atoms with Crippen molar-refractivity contribution < 1.29 is 18.4 Å². The van der Waals surface area contributed by atoms with Crippen molar-refractivity contribution in [3.63, 3.8) is 0 Å². The van der Waals surface area contributed by atoms with Crippen molar-refractivity contribution in [1.82, 2.24) is 10.0 Å². The number of hydrogen-bond acceptors (Lipinski definition) is 3. The average Bonchev–Trinajstić information content (AvgIpc) is 2.32. The van der Waals surface area contributed by atoms with Gasteiger partial charge in [0.25, 0.3) is 0 Å². The summed E-state index contributed by atoms with van der Waals surface area (Å²) in [5, 5.41) is 8.69. The molecule has 2 rings (SSSR count). The first kappa shape index (κ1) is 12.6. The third kappa shape index (κ3) is 2.70. The van der Waals surface area contributed by atoms with E-state index >= 15 is 0 Å². The normalized spacial score (nSPS) is 17.8. The summed E-state index contributed by atoms with van der Waals surface area (Å²) in [6, 6.07) is -0.680. The van der Waals surface area contributed by atoms with Crippen LogP contribution in [-0.4, -0.2) is 21.3 Å². The van der Waals surface area contributed by atoms with Gasteiger partial charge in [-0.1, -0.05) is 0 Å². The Morgan fingerprint density at radius 2 is 2.11 bits per heavy atom. The van der Waals surface area contributed by atoms with Gasteiger partial charge >= 0.3 is 6.05 Å². The Balaban J connectivity index is 2.04. The molecule has 0 bridgehead atoms. The van der Waals surface area contributed by atoms with E-state index in [1.165, 1.54) is 24.4 Å². The van der Waals surface area contributed by atoms with Crippen LogP contribution in [0.4, 0.5) is 13.2 Å². The van der Waals surface area contributed by atoms with Crippen LogP contribution in [0.1, 0.15) is 12.1 Å². The highest BCUT2D eigenvalue weighted by molar-refractivity contribution is 5.25. The van der Waals surface area contributed by atoms with E-state index in [-0.39, 0.29) is 23.6 Å². The molecular weight excluding hydrogens is 245 g/mol. The maximum absolute atomic E-state index is 13.3. The van der Waals surface area contributed by atoms with Gasteiger partial charge in [-0.2, -0.15) is 13.8 Å². The second kappa shape index (κ2) is 4.81. The Morgan fingerprint density at radius 1 is 1.33 bits per heavy atom. The Kier molecular flexibility index (Phi) is 3.38. The fraction of sp³-hybridized carbons (Fsp3) is 0.250. The molecule has 0 radical (unpaired) electrons. The van der Waals surface area contributed by atoms with Gasteiger partial charge < -0.3 is 0 Å². The SMILES string of the molecule is ON1C=CC(CCc2ncccc2F)=CC1(F)F. The summed E-state index contributed by atoms with van der Waals surface area (Å²) in [4.78, 5) is 3.84. The van der Waals surface area contributed by atoms with Crippen LogP contribution < -0.4 is 0 Å². The number of nitrogens with zero attached hydrogens (tertiary/aromatic N) is 2. The Labute approximate surface area is 102 Å². The smallest absolute Gasteiger partial charge is 0.283 e. The fourth-order valence-electron chi connectivity index (χ4n) is 1.62. The van der Waals surface area contributed by atoms with Gasteiger partial charge in [-0.3, -0.25) is 10.2 Å². The van der Waals surface area contributed by atoms with Gasteiger partial charge in [0.2, 0.25) is 0 Å². The molecule has 2 heterocycles. The number of pyridine rings is 1. The van der Waals surface area contributed by atoms with Crippen molar-refractivity contribution in [3.05, 3.63) is 53.8 Å². The van der Waals surface area contributed by atoms with Crippen LogP contribution in [0, 0.1) is 5.82 Å². The summed E-state index contributed by atoms with van der Waals surface area (Å²) in [6.45, 7) is 0. The molecule has 1 aromatic rings. The first-order chi connectivity index (χ1) is 8.49. The predicted octanol–water partition coefficient (Wildman–Crippen LogP) is 2.89. The number of rotatable bonds is 3. The summed E-state index contributed by atoms with van der Waals surface area (Å²) in [6.07, 6.45) is 4.79. The van der Waals surface area contributed by atoms with Crippen molar-refractivity contribution >= 4 is 0 Å². The molecular formula is C12H11F3N2O. The molecule has 0 aromatic carbocycles. The molecule has 1 aliphatic rings.